The van der Waals surface area contributed by atoms with Crippen molar-refractivity contribution in [2.75, 3.05) is 5.75 Å². The molecule has 1 unspecified atom stereocenters. The van der Waals surface area contributed by atoms with Crippen molar-refractivity contribution in [3.05, 3.63) is 39.9 Å². The van der Waals surface area contributed by atoms with Gasteiger partial charge in [-0.2, -0.15) is 11.8 Å². The predicted molar refractivity (Wildman–Crippen MR) is 69.9 cm³/mol. The summed E-state index contributed by atoms with van der Waals surface area (Å²) in [6.45, 7) is 0. The Morgan fingerprint density at radius 1 is 1.53 bits per heavy atom. The van der Waals surface area contributed by atoms with Crippen LogP contribution in [0.1, 0.15) is 5.56 Å². The van der Waals surface area contributed by atoms with Gasteiger partial charge in [0.15, 0.2) is 0 Å². The summed E-state index contributed by atoms with van der Waals surface area (Å²) < 4.78 is 0. The fraction of sp³-hybridized carbons (Fsp3) is 0.273. The van der Waals surface area contributed by atoms with Gasteiger partial charge in [0.05, 0.1) is 4.92 Å². The highest BCUT2D eigenvalue weighted by Crippen LogP contribution is 2.23. The van der Waals surface area contributed by atoms with Crippen molar-refractivity contribution in [2.24, 2.45) is 0 Å². The van der Waals surface area contributed by atoms with Crippen molar-refractivity contribution in [2.45, 2.75) is 11.8 Å². The highest BCUT2D eigenvalue weighted by Gasteiger charge is 2.17. The lowest BCUT2D eigenvalue weighted by Gasteiger charge is -2.10. The van der Waals surface area contributed by atoms with Gasteiger partial charge in [0, 0.05) is 23.1 Å². The average molecular weight is 284 g/mol. The Morgan fingerprint density at radius 2 is 2.21 bits per heavy atom. The summed E-state index contributed by atoms with van der Waals surface area (Å²) in [5.41, 5.74) is 0.526. The van der Waals surface area contributed by atoms with E-state index in [0.717, 1.165) is 0 Å². The maximum atomic E-state index is 10.8. The zero-order valence-corrected chi connectivity index (χ0v) is 10.6. The van der Waals surface area contributed by atoms with Crippen LogP contribution >= 0.6 is 11.8 Å². The highest BCUT2D eigenvalue weighted by atomic mass is 32.2. The lowest BCUT2D eigenvalue weighted by atomic mass is 10.2. The minimum atomic E-state index is -1.14. The van der Waals surface area contributed by atoms with E-state index in [0.29, 0.717) is 17.7 Å². The second-order valence-corrected chi connectivity index (χ2v) is 4.61. The van der Waals surface area contributed by atoms with Gasteiger partial charge in [0.2, 0.25) is 6.41 Å². The molecule has 1 atom stereocenters. The zero-order chi connectivity index (χ0) is 14.3. The maximum absolute atomic E-state index is 10.8. The maximum Gasteiger partial charge on any atom is 0.327 e. The van der Waals surface area contributed by atoms with Crippen LogP contribution in [0.5, 0.6) is 0 Å². The van der Waals surface area contributed by atoms with Crippen LogP contribution in [0, 0.1) is 10.1 Å². The molecule has 0 saturated heterocycles. The number of carboxylic acids is 1. The summed E-state index contributed by atoms with van der Waals surface area (Å²) in [7, 11) is 0. The van der Waals surface area contributed by atoms with E-state index in [1.807, 2.05) is 0 Å². The Hall–Kier alpha value is -2.09. The minimum absolute atomic E-state index is 0.00483. The topological polar surface area (TPSA) is 110 Å². The van der Waals surface area contributed by atoms with Crippen molar-refractivity contribution in [3.63, 3.8) is 0 Å². The number of carboxylic acid groups (broad SMARTS) is 1. The third kappa shape index (κ3) is 4.59. The summed E-state index contributed by atoms with van der Waals surface area (Å²) in [6, 6.07) is 5.27. The summed E-state index contributed by atoms with van der Waals surface area (Å²) in [6.07, 6.45) is 0.324. The molecule has 102 valence electrons. The average Bonchev–Trinajstić information content (AvgIpc) is 2.38. The molecule has 0 aliphatic heterocycles. The van der Waals surface area contributed by atoms with Crippen LogP contribution in [-0.4, -0.2) is 34.2 Å². The number of carbonyl (C=O) groups excluding carboxylic acids is 1. The molecule has 1 aromatic rings. The quantitative estimate of drug-likeness (QED) is 0.419. The Morgan fingerprint density at radius 3 is 2.79 bits per heavy atom. The first-order valence-corrected chi connectivity index (χ1v) is 6.44. The molecule has 0 aliphatic carbocycles. The van der Waals surface area contributed by atoms with E-state index in [1.54, 1.807) is 18.2 Å². The van der Waals surface area contributed by atoms with E-state index in [1.165, 1.54) is 17.8 Å². The van der Waals surface area contributed by atoms with Gasteiger partial charge in [-0.1, -0.05) is 18.2 Å². The van der Waals surface area contributed by atoms with Crippen molar-refractivity contribution < 1.29 is 19.6 Å². The van der Waals surface area contributed by atoms with Crippen molar-refractivity contribution >= 4 is 29.8 Å². The number of nitro benzene ring substituents is 1. The number of amides is 1. The number of nitrogens with one attached hydrogen (secondary N) is 1. The number of rotatable bonds is 8. The lowest BCUT2D eigenvalue weighted by Crippen LogP contribution is -2.37. The number of nitro groups is 1. The van der Waals surface area contributed by atoms with Gasteiger partial charge >= 0.3 is 5.97 Å². The molecule has 8 heteroatoms. The molecule has 0 radical (unpaired) electrons. The highest BCUT2D eigenvalue weighted by molar-refractivity contribution is 7.98. The van der Waals surface area contributed by atoms with Crippen LogP contribution < -0.4 is 5.32 Å². The Balaban J connectivity index is 2.59. The van der Waals surface area contributed by atoms with Gasteiger partial charge in [-0.25, -0.2) is 4.79 Å². The van der Waals surface area contributed by atoms with Crippen LogP contribution in [0.15, 0.2) is 24.3 Å². The van der Waals surface area contributed by atoms with Crippen LogP contribution in [0.3, 0.4) is 0 Å². The molecule has 1 rings (SSSR count). The zero-order valence-electron chi connectivity index (χ0n) is 9.81. The molecule has 19 heavy (non-hydrogen) atoms. The Bertz CT molecular complexity index is 480. The van der Waals surface area contributed by atoms with E-state index >= 15 is 0 Å². The number of benzene rings is 1. The van der Waals surface area contributed by atoms with E-state index in [2.05, 4.69) is 5.32 Å². The Kier molecular flexibility index (Phi) is 5.80. The molecule has 0 heterocycles. The predicted octanol–water partition coefficient (Wildman–Crippen LogP) is 1.03. The minimum Gasteiger partial charge on any atom is -0.480 e. The fourth-order valence-corrected chi connectivity index (χ4v) is 2.43. The van der Waals surface area contributed by atoms with Crippen LogP contribution in [-0.2, 0) is 15.3 Å². The molecule has 0 aliphatic rings. The normalized spacial score (nSPS) is 11.6. The Labute approximate surface area is 113 Å². The molecule has 0 aromatic heterocycles. The van der Waals surface area contributed by atoms with E-state index in [-0.39, 0.29) is 11.4 Å². The summed E-state index contributed by atoms with van der Waals surface area (Å²) in [5, 5.41) is 21.7. The van der Waals surface area contributed by atoms with Crippen molar-refractivity contribution in [3.8, 4) is 0 Å². The third-order valence-electron chi connectivity index (χ3n) is 2.30. The molecule has 0 saturated carbocycles. The number of hydrogen-bond acceptors (Lipinski definition) is 5. The van der Waals surface area contributed by atoms with Gasteiger partial charge < -0.3 is 10.4 Å². The molecule has 1 aromatic carbocycles. The first kappa shape index (κ1) is 15.0. The molecule has 2 N–H and O–H groups in total. The fourth-order valence-electron chi connectivity index (χ4n) is 1.37. The van der Waals surface area contributed by atoms with Gasteiger partial charge in [0.1, 0.15) is 6.04 Å². The van der Waals surface area contributed by atoms with Gasteiger partial charge in [-0.3, -0.25) is 14.9 Å². The van der Waals surface area contributed by atoms with Crippen molar-refractivity contribution in [1.29, 1.82) is 0 Å². The third-order valence-corrected chi connectivity index (χ3v) is 3.38. The first-order chi connectivity index (χ1) is 9.06. The van der Waals surface area contributed by atoms with Gasteiger partial charge in [0.25, 0.3) is 5.69 Å². The summed E-state index contributed by atoms with van der Waals surface area (Å²) >= 11 is 1.21. The number of nitrogens with zero attached hydrogens (tertiary/aromatic N) is 1. The molecule has 0 bridgehead atoms. The van der Waals surface area contributed by atoms with Crippen LogP contribution in [0.4, 0.5) is 5.69 Å². The standard InChI is InChI=1S/C11H12N2O5S/c14-7-12-9(11(15)16)6-19-5-8-3-1-2-4-10(8)13(17)18/h1-4,7,9H,5-6H2,(H,12,14)(H,15,16). The lowest BCUT2D eigenvalue weighted by molar-refractivity contribution is -0.385. The number of para-hydroxylation sites is 1. The molecule has 1 amide bonds. The van der Waals surface area contributed by atoms with E-state index in [4.69, 9.17) is 5.11 Å². The van der Waals surface area contributed by atoms with Crippen LogP contribution in [0.2, 0.25) is 0 Å². The van der Waals surface area contributed by atoms with Crippen molar-refractivity contribution in [1.82, 2.24) is 5.32 Å². The number of hydrogen-bond donors (Lipinski definition) is 2. The number of thioether (sulfide) groups is 1. The van der Waals surface area contributed by atoms with E-state index < -0.39 is 16.9 Å². The molecule has 0 spiro atoms. The monoisotopic (exact) mass is 284 g/mol. The van der Waals surface area contributed by atoms with Crippen LogP contribution in [0.25, 0.3) is 0 Å². The number of carbonyl (C=O) groups is 2. The molecular formula is C11H12N2O5S. The van der Waals surface area contributed by atoms with Gasteiger partial charge in [-0.05, 0) is 0 Å². The second kappa shape index (κ2) is 7.37. The SMILES string of the molecule is O=CNC(CSCc1ccccc1[N+](=O)[O-])C(=O)O. The first-order valence-electron chi connectivity index (χ1n) is 5.28. The van der Waals surface area contributed by atoms with Gasteiger partial charge in [-0.15, -0.1) is 0 Å². The second-order valence-electron chi connectivity index (χ2n) is 3.58. The van der Waals surface area contributed by atoms with E-state index in [9.17, 15) is 19.7 Å². The summed E-state index contributed by atoms with van der Waals surface area (Å²) in [4.78, 5) is 31.3. The largest absolute Gasteiger partial charge is 0.480 e. The number of aliphatic carboxylic acids is 1. The molecular weight excluding hydrogens is 272 g/mol. The smallest absolute Gasteiger partial charge is 0.327 e. The summed E-state index contributed by atoms with van der Waals surface area (Å²) in [5.74, 6) is -0.691. The molecule has 7 nitrogen and oxygen atoms in total. The molecule has 0 fully saturated rings.